The third kappa shape index (κ3) is 3.69. The van der Waals surface area contributed by atoms with Crippen LogP contribution in [0.1, 0.15) is 5.56 Å². The van der Waals surface area contributed by atoms with Gasteiger partial charge in [0, 0.05) is 18.7 Å². The minimum atomic E-state index is -0.0479. The molecule has 3 aromatic rings. The van der Waals surface area contributed by atoms with Crippen LogP contribution in [-0.4, -0.2) is 37.4 Å². The van der Waals surface area contributed by atoms with E-state index in [0.29, 0.717) is 5.82 Å². The lowest BCUT2D eigenvalue weighted by Gasteiger charge is -2.14. The Bertz CT molecular complexity index is 887. The molecular weight excluding hydrogens is 330 g/mol. The molecule has 0 atom stereocenters. The summed E-state index contributed by atoms with van der Waals surface area (Å²) in [5, 5.41) is 7.23. The van der Waals surface area contributed by atoms with E-state index in [2.05, 4.69) is 10.2 Å². The number of nitrogens with zero attached hydrogens (tertiary/aromatic N) is 2. The van der Waals surface area contributed by atoms with Gasteiger partial charge in [-0.2, -0.15) is 5.10 Å². The van der Waals surface area contributed by atoms with E-state index in [0.717, 1.165) is 28.3 Å². The lowest BCUT2D eigenvalue weighted by atomic mass is 10.1. The van der Waals surface area contributed by atoms with Crippen LogP contribution in [0.2, 0.25) is 0 Å². The Morgan fingerprint density at radius 3 is 2.50 bits per heavy atom. The number of aromatic amines is 1. The summed E-state index contributed by atoms with van der Waals surface area (Å²) < 4.78 is 10.5. The number of hydrogen-bond acceptors (Lipinski definition) is 4. The summed E-state index contributed by atoms with van der Waals surface area (Å²) in [6, 6.07) is 17.0. The van der Waals surface area contributed by atoms with Crippen LogP contribution in [0.25, 0.3) is 11.3 Å². The number of methoxy groups -OCH3 is 2. The maximum Gasteiger partial charge on any atom is 0.232 e. The molecule has 0 aliphatic carbocycles. The number of H-pyrrole nitrogens is 1. The van der Waals surface area contributed by atoms with Crippen molar-refractivity contribution in [2.45, 2.75) is 6.42 Å². The van der Waals surface area contributed by atoms with E-state index < -0.39 is 0 Å². The van der Waals surface area contributed by atoms with Gasteiger partial charge in [0.25, 0.3) is 0 Å². The van der Waals surface area contributed by atoms with Crippen molar-refractivity contribution in [1.82, 2.24) is 10.2 Å². The fraction of sp³-hybridized carbons (Fsp3) is 0.200. The normalized spacial score (nSPS) is 10.4. The Balaban J connectivity index is 1.74. The number of likely N-dealkylation sites (N-methyl/N-ethyl adjacent to an activating group) is 1. The summed E-state index contributed by atoms with van der Waals surface area (Å²) in [5.74, 6) is 2.02. The highest BCUT2D eigenvalue weighted by atomic mass is 16.5. The smallest absolute Gasteiger partial charge is 0.232 e. The molecule has 134 valence electrons. The summed E-state index contributed by atoms with van der Waals surface area (Å²) in [4.78, 5) is 14.1. The molecule has 0 saturated heterocycles. The highest BCUT2D eigenvalue weighted by Crippen LogP contribution is 2.30. The average molecular weight is 351 g/mol. The number of carbonyl (C=O) groups excluding carboxylic acids is 1. The molecule has 0 aliphatic heterocycles. The van der Waals surface area contributed by atoms with Gasteiger partial charge < -0.3 is 9.47 Å². The second-order valence-electron chi connectivity index (χ2n) is 5.82. The molecule has 0 unspecified atom stereocenters. The highest BCUT2D eigenvalue weighted by Gasteiger charge is 2.16. The summed E-state index contributed by atoms with van der Waals surface area (Å²) in [6.45, 7) is 0. The largest absolute Gasteiger partial charge is 0.497 e. The van der Waals surface area contributed by atoms with Crippen LogP contribution in [0, 0.1) is 0 Å². The molecule has 1 N–H and O–H groups in total. The zero-order chi connectivity index (χ0) is 18.5. The number of anilines is 1. The van der Waals surface area contributed by atoms with Crippen molar-refractivity contribution in [3.63, 3.8) is 0 Å². The second-order valence-corrected chi connectivity index (χ2v) is 5.82. The van der Waals surface area contributed by atoms with Crippen LogP contribution in [-0.2, 0) is 11.2 Å². The van der Waals surface area contributed by atoms with E-state index in [4.69, 9.17) is 9.47 Å². The van der Waals surface area contributed by atoms with E-state index in [1.54, 1.807) is 26.2 Å². The number of ether oxygens (including phenoxy) is 2. The van der Waals surface area contributed by atoms with Gasteiger partial charge in [-0.15, -0.1) is 0 Å². The van der Waals surface area contributed by atoms with Crippen LogP contribution in [0.5, 0.6) is 11.5 Å². The zero-order valence-electron chi connectivity index (χ0n) is 15.0. The Hall–Kier alpha value is -3.28. The minimum absolute atomic E-state index is 0.0479. The van der Waals surface area contributed by atoms with Gasteiger partial charge in [-0.25, -0.2) is 0 Å². The molecule has 3 rings (SSSR count). The van der Waals surface area contributed by atoms with Gasteiger partial charge in [-0.3, -0.25) is 14.8 Å². The van der Waals surface area contributed by atoms with Crippen molar-refractivity contribution in [3.05, 3.63) is 60.2 Å². The Morgan fingerprint density at radius 2 is 1.81 bits per heavy atom. The number of para-hydroxylation sites is 1. The van der Waals surface area contributed by atoms with Gasteiger partial charge in [0.2, 0.25) is 5.91 Å². The molecule has 2 aromatic carbocycles. The van der Waals surface area contributed by atoms with Gasteiger partial charge in [0.1, 0.15) is 11.5 Å². The standard InChI is InChI=1S/C20H21N3O3/c1-23(20(24)12-14-8-10-15(25-2)11-9-14)19-13-17(21-22-19)16-6-4-5-7-18(16)26-3/h4-11,13H,12H2,1-3H3,(H,21,22). The zero-order valence-corrected chi connectivity index (χ0v) is 15.0. The molecule has 0 fully saturated rings. The number of amides is 1. The first kappa shape index (κ1) is 17.5. The van der Waals surface area contributed by atoms with Crippen LogP contribution in [0.4, 0.5) is 5.82 Å². The molecule has 0 saturated carbocycles. The lowest BCUT2D eigenvalue weighted by Crippen LogP contribution is -2.28. The van der Waals surface area contributed by atoms with Gasteiger partial charge >= 0.3 is 0 Å². The molecule has 6 nitrogen and oxygen atoms in total. The second kappa shape index (κ2) is 7.74. The average Bonchev–Trinajstić information content (AvgIpc) is 3.17. The quantitative estimate of drug-likeness (QED) is 0.740. The van der Waals surface area contributed by atoms with Crippen LogP contribution < -0.4 is 14.4 Å². The van der Waals surface area contributed by atoms with Crippen molar-refractivity contribution < 1.29 is 14.3 Å². The fourth-order valence-electron chi connectivity index (χ4n) is 2.65. The maximum atomic E-state index is 12.6. The maximum absolute atomic E-state index is 12.6. The number of aromatic nitrogens is 2. The van der Waals surface area contributed by atoms with Gasteiger partial charge in [-0.05, 0) is 29.8 Å². The summed E-state index contributed by atoms with van der Waals surface area (Å²) in [7, 11) is 4.96. The van der Waals surface area contributed by atoms with Crippen molar-refractivity contribution in [2.24, 2.45) is 0 Å². The van der Waals surface area contributed by atoms with Gasteiger partial charge in [0.05, 0.1) is 26.3 Å². The predicted octanol–water partition coefficient (Wildman–Crippen LogP) is 3.30. The van der Waals surface area contributed by atoms with E-state index in [-0.39, 0.29) is 12.3 Å². The van der Waals surface area contributed by atoms with Gasteiger partial charge in [-0.1, -0.05) is 24.3 Å². The van der Waals surface area contributed by atoms with Crippen molar-refractivity contribution in [1.29, 1.82) is 0 Å². The summed E-state index contributed by atoms with van der Waals surface area (Å²) in [6.07, 6.45) is 0.289. The predicted molar refractivity (Wildman–Crippen MR) is 101 cm³/mol. The first-order chi connectivity index (χ1) is 12.6. The van der Waals surface area contributed by atoms with Crippen molar-refractivity contribution >= 4 is 11.7 Å². The first-order valence-corrected chi connectivity index (χ1v) is 8.20. The monoisotopic (exact) mass is 351 g/mol. The lowest BCUT2D eigenvalue weighted by molar-refractivity contribution is -0.117. The highest BCUT2D eigenvalue weighted by molar-refractivity contribution is 5.94. The molecule has 0 spiro atoms. The number of rotatable bonds is 6. The number of carbonyl (C=O) groups is 1. The van der Waals surface area contributed by atoms with E-state index in [1.807, 2.05) is 54.6 Å². The number of nitrogens with one attached hydrogen (secondary N) is 1. The van der Waals surface area contributed by atoms with Crippen LogP contribution in [0.3, 0.4) is 0 Å². The third-order valence-electron chi connectivity index (χ3n) is 4.19. The first-order valence-electron chi connectivity index (χ1n) is 8.20. The number of benzene rings is 2. The summed E-state index contributed by atoms with van der Waals surface area (Å²) >= 11 is 0. The number of hydrogen-bond donors (Lipinski definition) is 1. The molecule has 0 aliphatic rings. The Labute approximate surface area is 152 Å². The van der Waals surface area contributed by atoms with E-state index >= 15 is 0 Å². The molecular formula is C20H21N3O3. The summed E-state index contributed by atoms with van der Waals surface area (Å²) in [5.41, 5.74) is 2.61. The third-order valence-corrected chi connectivity index (χ3v) is 4.19. The van der Waals surface area contributed by atoms with Crippen molar-refractivity contribution in [3.8, 4) is 22.8 Å². The SMILES string of the molecule is COc1ccc(CC(=O)N(C)c2cc(-c3ccccc3OC)[nH]n2)cc1. The minimum Gasteiger partial charge on any atom is -0.497 e. The van der Waals surface area contributed by atoms with E-state index in [9.17, 15) is 4.79 Å². The molecule has 1 aromatic heterocycles. The molecule has 26 heavy (non-hydrogen) atoms. The van der Waals surface area contributed by atoms with Crippen molar-refractivity contribution in [2.75, 3.05) is 26.2 Å². The molecule has 1 heterocycles. The Morgan fingerprint density at radius 1 is 1.08 bits per heavy atom. The fourth-order valence-corrected chi connectivity index (χ4v) is 2.65. The molecule has 0 bridgehead atoms. The topological polar surface area (TPSA) is 67.4 Å². The van der Waals surface area contributed by atoms with Crippen LogP contribution in [0.15, 0.2) is 54.6 Å². The van der Waals surface area contributed by atoms with Crippen LogP contribution >= 0.6 is 0 Å². The van der Waals surface area contributed by atoms with E-state index in [1.165, 1.54) is 0 Å². The molecule has 0 radical (unpaired) electrons. The van der Waals surface area contributed by atoms with Gasteiger partial charge in [0.15, 0.2) is 5.82 Å². The molecule has 6 heteroatoms. The Kier molecular flexibility index (Phi) is 5.22. The molecule has 1 amide bonds.